The van der Waals surface area contributed by atoms with Crippen LogP contribution in [0.15, 0.2) is 6.07 Å². The van der Waals surface area contributed by atoms with Gasteiger partial charge in [-0.25, -0.2) is 18.7 Å². The Labute approximate surface area is 93.3 Å². The quantitative estimate of drug-likeness (QED) is 0.843. The molecule has 0 saturated carbocycles. The van der Waals surface area contributed by atoms with E-state index < -0.39 is 6.43 Å². The first kappa shape index (κ1) is 11.4. The Hall–Kier alpha value is -1.10. The number of piperidine rings is 1. The van der Waals surface area contributed by atoms with Gasteiger partial charge in [0.15, 0.2) is 0 Å². The van der Waals surface area contributed by atoms with E-state index in [1.807, 2.05) is 0 Å². The van der Waals surface area contributed by atoms with Crippen LogP contribution in [0.1, 0.15) is 48.9 Å². The highest BCUT2D eigenvalue weighted by Crippen LogP contribution is 2.23. The highest BCUT2D eigenvalue weighted by molar-refractivity contribution is 5.13. The number of aryl methyl sites for hydroxylation is 1. The molecule has 0 spiro atoms. The Morgan fingerprint density at radius 3 is 2.81 bits per heavy atom. The number of rotatable bonds is 2. The lowest BCUT2D eigenvalue weighted by molar-refractivity contribution is 0.145. The zero-order valence-electron chi connectivity index (χ0n) is 9.21. The SMILES string of the molecule is Cc1cc(C(F)F)nc(C2CCCCN2)n1. The first-order chi connectivity index (χ1) is 7.66. The fraction of sp³-hybridized carbons (Fsp3) is 0.636. The average Bonchev–Trinajstić information content (AvgIpc) is 2.29. The minimum absolute atomic E-state index is 0.0335. The standard InChI is InChI=1S/C11H15F2N3/c1-7-6-9(10(12)13)16-11(15-7)8-4-2-3-5-14-8/h6,8,10,14H,2-5H2,1H3. The van der Waals surface area contributed by atoms with E-state index in [0.717, 1.165) is 25.8 Å². The van der Waals surface area contributed by atoms with Crippen molar-refractivity contribution in [2.45, 2.75) is 38.7 Å². The van der Waals surface area contributed by atoms with E-state index in [0.29, 0.717) is 11.5 Å². The summed E-state index contributed by atoms with van der Waals surface area (Å²) in [6.45, 7) is 2.63. The molecule has 1 aromatic heterocycles. The summed E-state index contributed by atoms with van der Waals surface area (Å²) in [6.07, 6.45) is 0.624. The maximum absolute atomic E-state index is 12.6. The van der Waals surface area contributed by atoms with E-state index >= 15 is 0 Å². The number of nitrogens with zero attached hydrogens (tertiary/aromatic N) is 2. The van der Waals surface area contributed by atoms with Crippen molar-refractivity contribution in [2.24, 2.45) is 0 Å². The Balaban J connectivity index is 2.25. The molecule has 1 aliphatic heterocycles. The second kappa shape index (κ2) is 4.82. The molecule has 1 fully saturated rings. The first-order valence-electron chi connectivity index (χ1n) is 5.54. The van der Waals surface area contributed by atoms with E-state index in [2.05, 4.69) is 15.3 Å². The van der Waals surface area contributed by atoms with Crippen LogP contribution < -0.4 is 5.32 Å². The molecule has 1 saturated heterocycles. The second-order valence-corrected chi connectivity index (χ2v) is 4.10. The fourth-order valence-electron chi connectivity index (χ4n) is 1.96. The van der Waals surface area contributed by atoms with Crippen molar-refractivity contribution in [3.63, 3.8) is 0 Å². The first-order valence-corrected chi connectivity index (χ1v) is 5.54. The zero-order valence-corrected chi connectivity index (χ0v) is 9.21. The van der Waals surface area contributed by atoms with Crippen molar-refractivity contribution in [3.8, 4) is 0 Å². The van der Waals surface area contributed by atoms with Crippen molar-refractivity contribution < 1.29 is 8.78 Å². The molecule has 2 heterocycles. The summed E-state index contributed by atoms with van der Waals surface area (Å²) in [5.74, 6) is 0.509. The van der Waals surface area contributed by atoms with Crippen LogP contribution in [0.4, 0.5) is 8.78 Å². The van der Waals surface area contributed by atoms with Gasteiger partial charge in [0, 0.05) is 5.69 Å². The highest BCUT2D eigenvalue weighted by Gasteiger charge is 2.20. The Kier molecular flexibility index (Phi) is 3.43. The topological polar surface area (TPSA) is 37.8 Å². The summed E-state index contributed by atoms with van der Waals surface area (Å²) < 4.78 is 25.2. The Morgan fingerprint density at radius 2 is 2.19 bits per heavy atom. The second-order valence-electron chi connectivity index (χ2n) is 4.10. The molecular weight excluding hydrogens is 212 g/mol. The molecule has 0 bridgehead atoms. The van der Waals surface area contributed by atoms with E-state index in [-0.39, 0.29) is 11.7 Å². The van der Waals surface area contributed by atoms with Gasteiger partial charge in [-0.3, -0.25) is 0 Å². The van der Waals surface area contributed by atoms with Crippen LogP contribution >= 0.6 is 0 Å². The zero-order chi connectivity index (χ0) is 11.5. The predicted octanol–water partition coefficient (Wildman–Crippen LogP) is 2.54. The van der Waals surface area contributed by atoms with Gasteiger partial charge in [0.1, 0.15) is 11.5 Å². The number of nitrogens with one attached hydrogen (secondary N) is 1. The molecule has 3 nitrogen and oxygen atoms in total. The molecule has 1 N–H and O–H groups in total. The van der Waals surface area contributed by atoms with Crippen molar-refractivity contribution in [1.29, 1.82) is 0 Å². The van der Waals surface area contributed by atoms with E-state index in [1.54, 1.807) is 6.92 Å². The third-order valence-corrected chi connectivity index (χ3v) is 2.74. The van der Waals surface area contributed by atoms with Gasteiger partial charge in [0.2, 0.25) is 0 Å². The fourth-order valence-corrected chi connectivity index (χ4v) is 1.96. The van der Waals surface area contributed by atoms with Gasteiger partial charge >= 0.3 is 0 Å². The monoisotopic (exact) mass is 227 g/mol. The maximum atomic E-state index is 12.6. The lowest BCUT2D eigenvalue weighted by atomic mass is 10.0. The summed E-state index contributed by atoms with van der Waals surface area (Å²) in [5, 5.41) is 3.26. The van der Waals surface area contributed by atoms with Crippen molar-refractivity contribution in [2.75, 3.05) is 6.54 Å². The molecule has 0 aliphatic carbocycles. The summed E-state index contributed by atoms with van der Waals surface area (Å²) in [7, 11) is 0. The molecule has 88 valence electrons. The van der Waals surface area contributed by atoms with Crippen LogP contribution in [0, 0.1) is 6.92 Å². The van der Waals surface area contributed by atoms with Gasteiger partial charge in [-0.2, -0.15) is 0 Å². The molecular formula is C11H15F2N3. The molecule has 2 rings (SSSR count). The van der Waals surface area contributed by atoms with Crippen molar-refractivity contribution in [1.82, 2.24) is 15.3 Å². The summed E-state index contributed by atoms with van der Waals surface area (Å²) in [6, 6.07) is 1.38. The van der Waals surface area contributed by atoms with E-state index in [4.69, 9.17) is 0 Å². The Morgan fingerprint density at radius 1 is 1.38 bits per heavy atom. The number of aromatic nitrogens is 2. The molecule has 0 radical (unpaired) electrons. The highest BCUT2D eigenvalue weighted by atomic mass is 19.3. The van der Waals surface area contributed by atoms with Crippen LogP contribution in [0.2, 0.25) is 0 Å². The minimum atomic E-state index is -2.52. The molecule has 5 heteroatoms. The molecule has 16 heavy (non-hydrogen) atoms. The van der Waals surface area contributed by atoms with Gasteiger partial charge in [0.05, 0.1) is 6.04 Å². The summed E-state index contributed by atoms with van der Waals surface area (Å²) >= 11 is 0. The lowest BCUT2D eigenvalue weighted by Crippen LogP contribution is -2.28. The number of hydrogen-bond acceptors (Lipinski definition) is 3. The van der Waals surface area contributed by atoms with Crippen LogP contribution in [-0.2, 0) is 0 Å². The normalized spacial score (nSPS) is 21.4. The molecule has 0 aromatic carbocycles. The van der Waals surface area contributed by atoms with Gasteiger partial charge in [0.25, 0.3) is 6.43 Å². The van der Waals surface area contributed by atoms with Crippen LogP contribution in [0.3, 0.4) is 0 Å². The van der Waals surface area contributed by atoms with Crippen LogP contribution in [0.5, 0.6) is 0 Å². The van der Waals surface area contributed by atoms with Crippen LogP contribution in [0.25, 0.3) is 0 Å². The average molecular weight is 227 g/mol. The molecule has 1 unspecified atom stereocenters. The van der Waals surface area contributed by atoms with Gasteiger partial charge in [-0.1, -0.05) is 6.42 Å². The van der Waals surface area contributed by atoms with Crippen molar-refractivity contribution >= 4 is 0 Å². The van der Waals surface area contributed by atoms with Gasteiger partial charge < -0.3 is 5.32 Å². The molecule has 1 atom stereocenters. The predicted molar refractivity (Wildman–Crippen MR) is 56.3 cm³/mol. The summed E-state index contributed by atoms with van der Waals surface area (Å²) in [5.41, 5.74) is 0.433. The molecule has 0 amide bonds. The molecule has 1 aliphatic rings. The smallest absolute Gasteiger partial charge is 0.280 e. The third-order valence-electron chi connectivity index (χ3n) is 2.74. The lowest BCUT2D eigenvalue weighted by Gasteiger charge is -2.22. The van der Waals surface area contributed by atoms with E-state index in [1.165, 1.54) is 6.07 Å². The largest absolute Gasteiger partial charge is 0.307 e. The van der Waals surface area contributed by atoms with Crippen LogP contribution in [-0.4, -0.2) is 16.5 Å². The van der Waals surface area contributed by atoms with E-state index in [9.17, 15) is 8.78 Å². The third kappa shape index (κ3) is 2.52. The number of hydrogen-bond donors (Lipinski definition) is 1. The van der Waals surface area contributed by atoms with Gasteiger partial charge in [-0.05, 0) is 32.4 Å². The number of alkyl halides is 2. The molecule has 1 aromatic rings. The minimum Gasteiger partial charge on any atom is -0.307 e. The Bertz CT molecular complexity index is 362. The maximum Gasteiger partial charge on any atom is 0.280 e. The van der Waals surface area contributed by atoms with Gasteiger partial charge in [-0.15, -0.1) is 0 Å². The summed E-state index contributed by atoms with van der Waals surface area (Å²) in [4.78, 5) is 8.17. The van der Waals surface area contributed by atoms with Crippen molar-refractivity contribution in [3.05, 3.63) is 23.3 Å². The number of halogens is 2.